The molecule has 1 aliphatic carbocycles. The molecule has 1 unspecified atom stereocenters. The van der Waals surface area contributed by atoms with Crippen molar-refractivity contribution in [3.63, 3.8) is 0 Å². The van der Waals surface area contributed by atoms with Crippen molar-refractivity contribution in [3.8, 4) is 0 Å². The predicted octanol–water partition coefficient (Wildman–Crippen LogP) is 2.44. The molecular formula is C16H22ClN3O. The fourth-order valence-electron chi connectivity index (χ4n) is 3.04. The summed E-state index contributed by atoms with van der Waals surface area (Å²) in [6.45, 7) is 1.62. The highest BCUT2D eigenvalue weighted by atomic mass is 35.5. The van der Waals surface area contributed by atoms with Gasteiger partial charge in [0.05, 0.1) is 0 Å². The number of primary amides is 1. The van der Waals surface area contributed by atoms with E-state index < -0.39 is 0 Å². The van der Waals surface area contributed by atoms with Gasteiger partial charge in [-0.2, -0.15) is 0 Å². The minimum absolute atomic E-state index is 0.211. The third kappa shape index (κ3) is 3.33. The normalized spacial score (nSPS) is 22.3. The number of anilines is 1. The third-order valence-corrected chi connectivity index (χ3v) is 4.73. The summed E-state index contributed by atoms with van der Waals surface area (Å²) in [5, 5.41) is 4.27. The van der Waals surface area contributed by atoms with Gasteiger partial charge in [0.25, 0.3) is 0 Å². The summed E-state index contributed by atoms with van der Waals surface area (Å²) in [5.41, 5.74) is 7.72. The molecule has 0 radical (unpaired) electrons. The maximum atomic E-state index is 11.7. The lowest BCUT2D eigenvalue weighted by atomic mass is 9.99. The number of nitrogens with one attached hydrogen (secondary N) is 1. The highest BCUT2D eigenvalue weighted by Gasteiger charge is 2.29. The van der Waals surface area contributed by atoms with Crippen LogP contribution in [0.4, 0.5) is 5.69 Å². The van der Waals surface area contributed by atoms with Crippen LogP contribution in [0.15, 0.2) is 18.2 Å². The average Bonchev–Trinajstić information content (AvgIpc) is 3.30. The fourth-order valence-corrected chi connectivity index (χ4v) is 3.28. The summed E-state index contributed by atoms with van der Waals surface area (Å²) in [7, 11) is 0. The van der Waals surface area contributed by atoms with Gasteiger partial charge in [-0.15, -0.1) is 0 Å². The lowest BCUT2D eigenvalue weighted by Crippen LogP contribution is -2.48. The van der Waals surface area contributed by atoms with E-state index in [-0.39, 0.29) is 11.9 Å². The Balaban J connectivity index is 1.87. The number of rotatable bonds is 5. The van der Waals surface area contributed by atoms with Gasteiger partial charge in [0.1, 0.15) is 6.04 Å². The van der Waals surface area contributed by atoms with E-state index in [1.54, 1.807) is 0 Å². The Morgan fingerprint density at radius 3 is 2.86 bits per heavy atom. The minimum Gasteiger partial charge on any atom is -0.368 e. The van der Waals surface area contributed by atoms with Gasteiger partial charge in [0, 0.05) is 35.4 Å². The number of nitrogens with zero attached hydrogens (tertiary/aromatic N) is 1. The molecule has 1 aromatic rings. The van der Waals surface area contributed by atoms with E-state index in [0.717, 1.165) is 48.6 Å². The molecule has 5 heteroatoms. The van der Waals surface area contributed by atoms with Gasteiger partial charge in [-0.05, 0) is 44.2 Å². The summed E-state index contributed by atoms with van der Waals surface area (Å²) < 4.78 is 0. The summed E-state index contributed by atoms with van der Waals surface area (Å²) >= 11 is 6.40. The van der Waals surface area contributed by atoms with Gasteiger partial charge in [-0.25, -0.2) is 0 Å². The maximum absolute atomic E-state index is 11.7. The number of halogens is 1. The molecular weight excluding hydrogens is 286 g/mol. The van der Waals surface area contributed by atoms with Crippen LogP contribution in [-0.4, -0.2) is 24.5 Å². The molecule has 3 rings (SSSR count). The number of hydrogen-bond acceptors (Lipinski definition) is 3. The Kier molecular flexibility index (Phi) is 4.36. The lowest BCUT2D eigenvalue weighted by molar-refractivity contribution is -0.119. The smallest absolute Gasteiger partial charge is 0.240 e. The molecule has 0 bridgehead atoms. The van der Waals surface area contributed by atoms with Crippen molar-refractivity contribution < 1.29 is 4.79 Å². The van der Waals surface area contributed by atoms with Crippen LogP contribution < -0.4 is 16.0 Å². The number of carbonyl (C=O) groups is 1. The zero-order valence-corrected chi connectivity index (χ0v) is 12.9. The zero-order valence-electron chi connectivity index (χ0n) is 12.1. The average molecular weight is 308 g/mol. The molecule has 1 heterocycles. The molecule has 0 aromatic heterocycles. The maximum Gasteiger partial charge on any atom is 0.240 e. The van der Waals surface area contributed by atoms with E-state index in [0.29, 0.717) is 6.04 Å². The van der Waals surface area contributed by atoms with Gasteiger partial charge in [0.15, 0.2) is 0 Å². The van der Waals surface area contributed by atoms with E-state index in [9.17, 15) is 4.79 Å². The van der Waals surface area contributed by atoms with Crippen molar-refractivity contribution in [2.45, 2.75) is 50.7 Å². The monoisotopic (exact) mass is 307 g/mol. The Morgan fingerprint density at radius 1 is 1.33 bits per heavy atom. The first kappa shape index (κ1) is 14.7. The Bertz CT molecular complexity index is 530. The second kappa shape index (κ2) is 6.24. The van der Waals surface area contributed by atoms with Crippen LogP contribution in [0.5, 0.6) is 0 Å². The topological polar surface area (TPSA) is 58.4 Å². The number of carbonyl (C=O) groups excluding carboxylic acids is 1. The third-order valence-electron chi connectivity index (χ3n) is 4.38. The van der Waals surface area contributed by atoms with Crippen molar-refractivity contribution in [1.29, 1.82) is 0 Å². The SMILES string of the molecule is NC(=O)C1CCCCN1c1cccc(Cl)c1CNC1CC1. The molecule has 1 aliphatic heterocycles. The first-order chi connectivity index (χ1) is 10.2. The molecule has 1 saturated carbocycles. The zero-order chi connectivity index (χ0) is 14.8. The molecule has 1 aromatic carbocycles. The molecule has 2 fully saturated rings. The Hall–Kier alpha value is -1.26. The minimum atomic E-state index is -0.240. The quantitative estimate of drug-likeness (QED) is 0.878. The molecule has 0 spiro atoms. The fraction of sp³-hybridized carbons (Fsp3) is 0.562. The molecule has 1 amide bonds. The standard InChI is InChI=1S/C16H22ClN3O/c17-13-4-3-6-14(12(13)10-19-11-7-8-11)20-9-2-1-5-15(20)16(18)21/h3-4,6,11,15,19H,1-2,5,7-10H2,(H2,18,21). The van der Waals surface area contributed by atoms with Gasteiger partial charge in [0.2, 0.25) is 5.91 Å². The summed E-state index contributed by atoms with van der Waals surface area (Å²) in [6, 6.07) is 6.33. The first-order valence-corrected chi connectivity index (χ1v) is 8.11. The number of piperidine rings is 1. The molecule has 4 nitrogen and oxygen atoms in total. The van der Waals surface area contributed by atoms with Crippen LogP contribution in [0.3, 0.4) is 0 Å². The lowest BCUT2D eigenvalue weighted by Gasteiger charge is -2.37. The summed E-state index contributed by atoms with van der Waals surface area (Å²) in [5.74, 6) is -0.240. The Morgan fingerprint density at radius 2 is 2.14 bits per heavy atom. The molecule has 21 heavy (non-hydrogen) atoms. The van der Waals surface area contributed by atoms with E-state index >= 15 is 0 Å². The highest BCUT2D eigenvalue weighted by Crippen LogP contribution is 2.33. The number of amides is 1. The molecule has 1 saturated heterocycles. The van der Waals surface area contributed by atoms with Crippen molar-refractivity contribution in [2.24, 2.45) is 5.73 Å². The highest BCUT2D eigenvalue weighted by molar-refractivity contribution is 6.31. The molecule has 114 valence electrons. The second-order valence-electron chi connectivity index (χ2n) is 6.00. The summed E-state index contributed by atoms with van der Waals surface area (Å²) in [6.07, 6.45) is 5.46. The van der Waals surface area contributed by atoms with E-state index in [4.69, 9.17) is 17.3 Å². The van der Waals surface area contributed by atoms with Crippen LogP contribution in [-0.2, 0) is 11.3 Å². The van der Waals surface area contributed by atoms with Gasteiger partial charge >= 0.3 is 0 Å². The van der Waals surface area contributed by atoms with Crippen molar-refractivity contribution in [3.05, 3.63) is 28.8 Å². The summed E-state index contributed by atoms with van der Waals surface area (Å²) in [4.78, 5) is 13.9. The van der Waals surface area contributed by atoms with Crippen molar-refractivity contribution >= 4 is 23.2 Å². The van der Waals surface area contributed by atoms with Gasteiger partial charge in [-0.3, -0.25) is 4.79 Å². The largest absolute Gasteiger partial charge is 0.368 e. The van der Waals surface area contributed by atoms with Gasteiger partial charge in [-0.1, -0.05) is 17.7 Å². The van der Waals surface area contributed by atoms with Crippen LogP contribution in [0.1, 0.15) is 37.7 Å². The van der Waals surface area contributed by atoms with Crippen LogP contribution in [0, 0.1) is 0 Å². The number of nitrogens with two attached hydrogens (primary N) is 1. The van der Waals surface area contributed by atoms with E-state index in [1.807, 2.05) is 12.1 Å². The van der Waals surface area contributed by atoms with Crippen LogP contribution >= 0.6 is 11.6 Å². The second-order valence-corrected chi connectivity index (χ2v) is 6.41. The van der Waals surface area contributed by atoms with E-state index in [2.05, 4.69) is 16.3 Å². The van der Waals surface area contributed by atoms with Crippen LogP contribution in [0.2, 0.25) is 5.02 Å². The van der Waals surface area contributed by atoms with Gasteiger partial charge < -0.3 is 16.0 Å². The molecule has 1 atom stereocenters. The van der Waals surface area contributed by atoms with Crippen molar-refractivity contribution in [2.75, 3.05) is 11.4 Å². The molecule has 2 aliphatic rings. The predicted molar refractivity (Wildman–Crippen MR) is 85.5 cm³/mol. The number of hydrogen-bond donors (Lipinski definition) is 2. The first-order valence-electron chi connectivity index (χ1n) is 7.73. The van der Waals surface area contributed by atoms with Crippen LogP contribution in [0.25, 0.3) is 0 Å². The Labute approximate surface area is 130 Å². The number of benzene rings is 1. The molecule has 3 N–H and O–H groups in total. The van der Waals surface area contributed by atoms with Crippen molar-refractivity contribution in [1.82, 2.24) is 5.32 Å². The van der Waals surface area contributed by atoms with E-state index in [1.165, 1.54) is 12.8 Å².